The minimum Gasteiger partial charge on any atom is -0.304 e. The maximum absolute atomic E-state index is 13.8. The van der Waals surface area contributed by atoms with E-state index in [4.69, 9.17) is 11.6 Å². The van der Waals surface area contributed by atoms with Gasteiger partial charge in [0.15, 0.2) is 5.78 Å². The molecule has 0 aliphatic carbocycles. The lowest BCUT2D eigenvalue weighted by Gasteiger charge is -2.31. The molecule has 5 heteroatoms. The van der Waals surface area contributed by atoms with E-state index < -0.39 is 5.82 Å². The van der Waals surface area contributed by atoms with Crippen LogP contribution in [0, 0.1) is 12.7 Å². The molecule has 0 amide bonds. The number of carbonyl (C=O) groups is 1. The summed E-state index contributed by atoms with van der Waals surface area (Å²) in [4.78, 5) is 16.4. The molecule has 19 heavy (non-hydrogen) atoms. The van der Waals surface area contributed by atoms with Crippen molar-refractivity contribution in [3.8, 4) is 0 Å². The van der Waals surface area contributed by atoms with Crippen LogP contribution >= 0.6 is 11.6 Å². The van der Waals surface area contributed by atoms with Gasteiger partial charge < -0.3 is 4.90 Å². The van der Waals surface area contributed by atoms with Gasteiger partial charge in [-0.05, 0) is 31.7 Å². The van der Waals surface area contributed by atoms with E-state index in [1.54, 1.807) is 6.92 Å². The summed E-state index contributed by atoms with van der Waals surface area (Å²) in [6.45, 7) is 5.61. The summed E-state index contributed by atoms with van der Waals surface area (Å²) in [5.41, 5.74) is 0.866. The number of likely N-dealkylation sites (N-methyl/N-ethyl adjacent to an activating group) is 1. The monoisotopic (exact) mass is 284 g/mol. The molecule has 3 nitrogen and oxygen atoms in total. The second-order valence-corrected chi connectivity index (χ2v) is 5.49. The number of ketones is 1. The van der Waals surface area contributed by atoms with Crippen LogP contribution in [0.1, 0.15) is 15.9 Å². The van der Waals surface area contributed by atoms with E-state index in [2.05, 4.69) is 16.8 Å². The zero-order chi connectivity index (χ0) is 14.0. The fraction of sp³-hybridized carbons (Fsp3) is 0.500. The molecule has 1 saturated heterocycles. The van der Waals surface area contributed by atoms with E-state index in [0.717, 1.165) is 31.7 Å². The van der Waals surface area contributed by atoms with Crippen molar-refractivity contribution in [2.45, 2.75) is 6.92 Å². The number of carbonyl (C=O) groups excluding carboxylic acids is 1. The largest absolute Gasteiger partial charge is 0.304 e. The molecule has 0 N–H and O–H groups in total. The molecule has 0 aromatic heterocycles. The summed E-state index contributed by atoms with van der Waals surface area (Å²) in [7, 11) is 2.06. The first-order chi connectivity index (χ1) is 8.97. The number of rotatable bonds is 3. The lowest BCUT2D eigenvalue weighted by molar-refractivity contribution is 0.0872. The Morgan fingerprint density at radius 2 is 1.95 bits per heavy atom. The number of hydrogen-bond acceptors (Lipinski definition) is 3. The molecule has 0 bridgehead atoms. The number of Topliss-reactive ketones (excluding diaryl/α,β-unsaturated/α-hetero) is 1. The molecule has 1 aliphatic heterocycles. The van der Waals surface area contributed by atoms with E-state index in [9.17, 15) is 9.18 Å². The lowest BCUT2D eigenvalue weighted by Crippen LogP contribution is -2.46. The standard InChI is InChI=1S/C14H18ClFN2O/c1-10-7-11(13(16)8-12(10)15)14(19)9-18-5-3-17(2)4-6-18/h7-8H,3-6,9H2,1-2H3. The van der Waals surface area contributed by atoms with Crippen molar-refractivity contribution >= 4 is 17.4 Å². The maximum atomic E-state index is 13.8. The molecule has 0 saturated carbocycles. The molecule has 0 unspecified atom stereocenters. The third kappa shape index (κ3) is 3.53. The molecule has 1 fully saturated rings. The van der Waals surface area contributed by atoms with Crippen LogP contribution in [0.5, 0.6) is 0 Å². The highest BCUT2D eigenvalue weighted by molar-refractivity contribution is 6.31. The van der Waals surface area contributed by atoms with Crippen LogP contribution in [0.25, 0.3) is 0 Å². The third-order valence-corrected chi connectivity index (χ3v) is 3.92. The molecular formula is C14H18ClFN2O. The lowest BCUT2D eigenvalue weighted by atomic mass is 10.1. The van der Waals surface area contributed by atoms with Gasteiger partial charge in [-0.3, -0.25) is 9.69 Å². The van der Waals surface area contributed by atoms with Gasteiger partial charge in [-0.2, -0.15) is 0 Å². The minimum absolute atomic E-state index is 0.140. The van der Waals surface area contributed by atoms with Crippen molar-refractivity contribution in [2.24, 2.45) is 0 Å². The summed E-state index contributed by atoms with van der Waals surface area (Å²) in [5.74, 6) is -0.712. The van der Waals surface area contributed by atoms with Gasteiger partial charge in [0.1, 0.15) is 5.82 Å². The van der Waals surface area contributed by atoms with E-state index in [0.29, 0.717) is 5.02 Å². The van der Waals surface area contributed by atoms with Crippen LogP contribution in [-0.4, -0.2) is 55.4 Å². The number of aryl methyl sites for hydroxylation is 1. The van der Waals surface area contributed by atoms with Crippen molar-refractivity contribution in [1.29, 1.82) is 0 Å². The topological polar surface area (TPSA) is 23.6 Å². The van der Waals surface area contributed by atoms with E-state index in [1.807, 2.05) is 0 Å². The first-order valence-corrected chi connectivity index (χ1v) is 6.75. The Bertz CT molecular complexity index is 485. The van der Waals surface area contributed by atoms with E-state index >= 15 is 0 Å². The van der Waals surface area contributed by atoms with Crippen LogP contribution in [0.3, 0.4) is 0 Å². The second kappa shape index (κ2) is 5.99. The summed E-state index contributed by atoms with van der Waals surface area (Å²) in [6.07, 6.45) is 0. The van der Waals surface area contributed by atoms with Crippen molar-refractivity contribution < 1.29 is 9.18 Å². The Balaban J connectivity index is 2.06. The first-order valence-electron chi connectivity index (χ1n) is 6.37. The molecule has 1 aromatic carbocycles. The van der Waals surface area contributed by atoms with Gasteiger partial charge in [0, 0.05) is 31.2 Å². The van der Waals surface area contributed by atoms with Crippen molar-refractivity contribution in [3.63, 3.8) is 0 Å². The SMILES string of the molecule is Cc1cc(C(=O)CN2CCN(C)CC2)c(F)cc1Cl. The summed E-state index contributed by atoms with van der Waals surface area (Å²) in [5, 5.41) is 0.355. The normalized spacial score (nSPS) is 17.7. The Morgan fingerprint density at radius 3 is 2.58 bits per heavy atom. The number of benzene rings is 1. The average Bonchev–Trinajstić information content (AvgIpc) is 2.36. The minimum atomic E-state index is -0.533. The molecule has 1 aliphatic rings. The fourth-order valence-corrected chi connectivity index (χ4v) is 2.32. The summed E-state index contributed by atoms with van der Waals surface area (Å²) >= 11 is 5.83. The van der Waals surface area contributed by atoms with Gasteiger partial charge in [-0.15, -0.1) is 0 Å². The zero-order valence-corrected chi connectivity index (χ0v) is 12.0. The van der Waals surface area contributed by atoms with Gasteiger partial charge in [0.25, 0.3) is 0 Å². The maximum Gasteiger partial charge on any atom is 0.179 e. The molecule has 2 rings (SSSR count). The molecule has 104 valence electrons. The Kier molecular flexibility index (Phi) is 4.55. The van der Waals surface area contributed by atoms with Gasteiger partial charge >= 0.3 is 0 Å². The molecule has 0 radical (unpaired) electrons. The Hall–Kier alpha value is -0.970. The van der Waals surface area contributed by atoms with Crippen LogP contribution < -0.4 is 0 Å². The molecule has 0 atom stereocenters. The second-order valence-electron chi connectivity index (χ2n) is 5.08. The van der Waals surface area contributed by atoms with Crippen LogP contribution in [-0.2, 0) is 0 Å². The van der Waals surface area contributed by atoms with Gasteiger partial charge in [0.05, 0.1) is 12.1 Å². The highest BCUT2D eigenvalue weighted by Gasteiger charge is 2.20. The highest BCUT2D eigenvalue weighted by atomic mass is 35.5. The van der Waals surface area contributed by atoms with Crippen molar-refractivity contribution in [2.75, 3.05) is 39.8 Å². The van der Waals surface area contributed by atoms with Gasteiger partial charge in [0.2, 0.25) is 0 Å². The van der Waals surface area contributed by atoms with Crippen LogP contribution in [0.15, 0.2) is 12.1 Å². The Morgan fingerprint density at radius 1 is 1.32 bits per heavy atom. The highest BCUT2D eigenvalue weighted by Crippen LogP contribution is 2.20. The van der Waals surface area contributed by atoms with E-state index in [-0.39, 0.29) is 17.9 Å². The third-order valence-electron chi connectivity index (χ3n) is 3.51. The quantitative estimate of drug-likeness (QED) is 0.795. The number of nitrogens with zero attached hydrogens (tertiary/aromatic N) is 2. The van der Waals surface area contributed by atoms with Crippen molar-refractivity contribution in [3.05, 3.63) is 34.1 Å². The predicted octanol–water partition coefficient (Wildman–Crippen LogP) is 2.22. The zero-order valence-electron chi connectivity index (χ0n) is 11.2. The first kappa shape index (κ1) is 14.4. The predicted molar refractivity (Wildman–Crippen MR) is 74.4 cm³/mol. The van der Waals surface area contributed by atoms with Crippen LogP contribution in [0.4, 0.5) is 4.39 Å². The molecule has 1 heterocycles. The smallest absolute Gasteiger partial charge is 0.179 e. The van der Waals surface area contributed by atoms with E-state index in [1.165, 1.54) is 12.1 Å². The van der Waals surface area contributed by atoms with Crippen LogP contribution in [0.2, 0.25) is 5.02 Å². The van der Waals surface area contributed by atoms with Gasteiger partial charge in [-0.25, -0.2) is 4.39 Å². The number of piperazine rings is 1. The Labute approximate surface area is 117 Å². The molecule has 0 spiro atoms. The number of hydrogen-bond donors (Lipinski definition) is 0. The van der Waals surface area contributed by atoms with Crippen molar-refractivity contribution in [1.82, 2.24) is 9.80 Å². The molecule has 1 aromatic rings. The van der Waals surface area contributed by atoms with Gasteiger partial charge in [-0.1, -0.05) is 11.6 Å². The molecular weight excluding hydrogens is 267 g/mol. The summed E-state index contributed by atoms with van der Waals surface area (Å²) < 4.78 is 13.8. The summed E-state index contributed by atoms with van der Waals surface area (Å²) in [6, 6.07) is 2.75. The fourth-order valence-electron chi connectivity index (χ4n) is 2.17. The average molecular weight is 285 g/mol. The number of halogens is 2.